The first-order chi connectivity index (χ1) is 13.7. The molecule has 0 saturated carbocycles. The zero-order valence-electron chi connectivity index (χ0n) is 16.6. The van der Waals surface area contributed by atoms with Crippen LogP contribution in [0.4, 0.5) is 0 Å². The number of guanidine groups is 1. The van der Waals surface area contributed by atoms with Crippen molar-refractivity contribution in [2.75, 3.05) is 40.3 Å². The van der Waals surface area contributed by atoms with Gasteiger partial charge in [0.05, 0.1) is 12.7 Å². The lowest BCUT2D eigenvalue weighted by Gasteiger charge is -2.36. The lowest BCUT2D eigenvalue weighted by atomic mass is 10.1. The number of carbonyl (C=O) groups is 1. The minimum absolute atomic E-state index is 0.316. The molecule has 1 aliphatic heterocycles. The summed E-state index contributed by atoms with van der Waals surface area (Å²) in [6.07, 6.45) is 0. The van der Waals surface area contributed by atoms with Crippen LogP contribution < -0.4 is 5.32 Å². The maximum atomic E-state index is 11.5. The van der Waals surface area contributed by atoms with Crippen LogP contribution in [0, 0.1) is 0 Å². The third-order valence-electron chi connectivity index (χ3n) is 4.96. The van der Waals surface area contributed by atoms with Crippen LogP contribution in [0.5, 0.6) is 0 Å². The predicted molar refractivity (Wildman–Crippen MR) is 111 cm³/mol. The Morgan fingerprint density at radius 3 is 2.29 bits per heavy atom. The van der Waals surface area contributed by atoms with Crippen LogP contribution in [0.25, 0.3) is 0 Å². The number of ether oxygens (including phenoxy) is 1. The summed E-state index contributed by atoms with van der Waals surface area (Å²) >= 11 is 0. The van der Waals surface area contributed by atoms with Gasteiger partial charge in [-0.2, -0.15) is 0 Å². The van der Waals surface area contributed by atoms with E-state index in [1.165, 1.54) is 12.7 Å². The van der Waals surface area contributed by atoms with Gasteiger partial charge in [0, 0.05) is 46.3 Å². The Bertz CT molecular complexity index is 782. The van der Waals surface area contributed by atoms with E-state index in [0.29, 0.717) is 12.1 Å². The van der Waals surface area contributed by atoms with Crippen molar-refractivity contribution < 1.29 is 9.53 Å². The van der Waals surface area contributed by atoms with Crippen LogP contribution >= 0.6 is 0 Å². The predicted octanol–water partition coefficient (Wildman–Crippen LogP) is 2.37. The molecule has 0 aliphatic carbocycles. The van der Waals surface area contributed by atoms with Gasteiger partial charge in [-0.05, 0) is 23.3 Å². The fraction of sp³-hybridized carbons (Fsp3) is 0.364. The third-order valence-corrected chi connectivity index (χ3v) is 4.96. The van der Waals surface area contributed by atoms with Crippen molar-refractivity contribution in [1.29, 1.82) is 0 Å². The highest BCUT2D eigenvalue weighted by molar-refractivity contribution is 5.89. The summed E-state index contributed by atoms with van der Waals surface area (Å²) in [5.74, 6) is 0.597. The highest BCUT2D eigenvalue weighted by atomic mass is 16.5. The Labute approximate surface area is 166 Å². The van der Waals surface area contributed by atoms with Gasteiger partial charge in [0.15, 0.2) is 5.96 Å². The van der Waals surface area contributed by atoms with Crippen LogP contribution in [-0.4, -0.2) is 62.1 Å². The average molecular weight is 380 g/mol. The molecular formula is C22H28N4O2. The van der Waals surface area contributed by atoms with Crippen LogP contribution in [0.3, 0.4) is 0 Å². The normalized spacial score (nSPS) is 15.4. The maximum absolute atomic E-state index is 11.5. The Morgan fingerprint density at radius 2 is 1.68 bits per heavy atom. The van der Waals surface area contributed by atoms with Gasteiger partial charge >= 0.3 is 5.97 Å². The van der Waals surface area contributed by atoms with Crippen molar-refractivity contribution in [2.24, 2.45) is 4.99 Å². The molecular weight excluding hydrogens is 352 g/mol. The number of hydrogen-bond donors (Lipinski definition) is 1. The molecule has 1 aliphatic rings. The number of methoxy groups -OCH3 is 1. The molecule has 148 valence electrons. The monoisotopic (exact) mass is 380 g/mol. The molecule has 1 fully saturated rings. The fourth-order valence-corrected chi connectivity index (χ4v) is 3.35. The lowest BCUT2D eigenvalue weighted by molar-refractivity contribution is 0.0600. The molecule has 6 nitrogen and oxygen atoms in total. The van der Waals surface area contributed by atoms with E-state index in [4.69, 9.17) is 4.74 Å². The summed E-state index contributed by atoms with van der Waals surface area (Å²) in [5.41, 5.74) is 3.01. The van der Waals surface area contributed by atoms with E-state index in [0.717, 1.165) is 44.2 Å². The fourth-order valence-electron chi connectivity index (χ4n) is 3.35. The van der Waals surface area contributed by atoms with Gasteiger partial charge in [-0.3, -0.25) is 9.89 Å². The van der Waals surface area contributed by atoms with Gasteiger partial charge in [0.1, 0.15) is 0 Å². The molecule has 0 atom stereocenters. The summed E-state index contributed by atoms with van der Waals surface area (Å²) in [7, 11) is 3.21. The largest absolute Gasteiger partial charge is 0.465 e. The number of rotatable bonds is 5. The number of carbonyl (C=O) groups excluding carboxylic acids is 1. The topological polar surface area (TPSA) is 57.2 Å². The highest BCUT2D eigenvalue weighted by Crippen LogP contribution is 2.09. The van der Waals surface area contributed by atoms with Gasteiger partial charge in [-0.1, -0.05) is 42.5 Å². The van der Waals surface area contributed by atoms with Crippen molar-refractivity contribution >= 4 is 11.9 Å². The summed E-state index contributed by atoms with van der Waals surface area (Å²) in [5, 5.41) is 3.42. The second-order valence-electron chi connectivity index (χ2n) is 6.84. The molecule has 1 saturated heterocycles. The zero-order valence-corrected chi connectivity index (χ0v) is 16.6. The van der Waals surface area contributed by atoms with Gasteiger partial charge < -0.3 is 15.0 Å². The average Bonchev–Trinajstić information content (AvgIpc) is 2.76. The minimum Gasteiger partial charge on any atom is -0.465 e. The number of benzene rings is 2. The highest BCUT2D eigenvalue weighted by Gasteiger charge is 2.19. The molecule has 0 radical (unpaired) electrons. The summed E-state index contributed by atoms with van der Waals surface area (Å²) in [4.78, 5) is 20.7. The molecule has 0 spiro atoms. The van der Waals surface area contributed by atoms with E-state index in [2.05, 4.69) is 50.4 Å². The Hall–Kier alpha value is -2.86. The third kappa shape index (κ3) is 5.33. The minimum atomic E-state index is -0.316. The summed E-state index contributed by atoms with van der Waals surface area (Å²) < 4.78 is 4.73. The first-order valence-corrected chi connectivity index (χ1v) is 9.58. The second kappa shape index (κ2) is 9.90. The molecule has 3 rings (SSSR count). The number of piperazine rings is 1. The van der Waals surface area contributed by atoms with E-state index < -0.39 is 0 Å². The van der Waals surface area contributed by atoms with E-state index >= 15 is 0 Å². The van der Waals surface area contributed by atoms with Crippen molar-refractivity contribution in [1.82, 2.24) is 15.1 Å². The van der Waals surface area contributed by atoms with Gasteiger partial charge in [0.2, 0.25) is 0 Å². The van der Waals surface area contributed by atoms with Crippen molar-refractivity contribution in [2.45, 2.75) is 13.1 Å². The van der Waals surface area contributed by atoms with Crippen molar-refractivity contribution in [3.8, 4) is 0 Å². The molecule has 1 N–H and O–H groups in total. The van der Waals surface area contributed by atoms with Gasteiger partial charge in [-0.25, -0.2) is 4.79 Å². The Kier molecular flexibility index (Phi) is 7.03. The van der Waals surface area contributed by atoms with Crippen molar-refractivity contribution in [3.05, 3.63) is 71.3 Å². The second-order valence-corrected chi connectivity index (χ2v) is 6.84. The van der Waals surface area contributed by atoms with E-state index in [9.17, 15) is 4.79 Å². The Morgan fingerprint density at radius 1 is 1.00 bits per heavy atom. The maximum Gasteiger partial charge on any atom is 0.337 e. The van der Waals surface area contributed by atoms with Crippen LogP contribution in [-0.2, 0) is 17.8 Å². The molecule has 1 heterocycles. The van der Waals surface area contributed by atoms with Crippen molar-refractivity contribution in [3.63, 3.8) is 0 Å². The number of hydrogen-bond acceptors (Lipinski definition) is 4. The van der Waals surface area contributed by atoms with Gasteiger partial charge in [0.25, 0.3) is 0 Å². The number of esters is 1. The number of aliphatic imine (C=N–C) groups is 1. The molecule has 0 unspecified atom stereocenters. The van der Waals surface area contributed by atoms with Crippen LogP contribution in [0.2, 0.25) is 0 Å². The molecule has 0 amide bonds. The van der Waals surface area contributed by atoms with Crippen LogP contribution in [0.15, 0.2) is 59.6 Å². The zero-order chi connectivity index (χ0) is 19.8. The first-order valence-electron chi connectivity index (χ1n) is 9.58. The molecule has 0 bridgehead atoms. The first kappa shape index (κ1) is 19.9. The summed E-state index contributed by atoms with van der Waals surface area (Å²) in [6, 6.07) is 18.0. The molecule has 28 heavy (non-hydrogen) atoms. The quantitative estimate of drug-likeness (QED) is 0.490. The lowest BCUT2D eigenvalue weighted by Crippen LogP contribution is -2.52. The Balaban J connectivity index is 1.47. The number of nitrogens with one attached hydrogen (secondary N) is 1. The molecule has 2 aromatic rings. The SMILES string of the molecule is CN=C(NCc1ccc(C(=O)OC)cc1)N1CCN(Cc2ccccc2)CC1. The molecule has 0 aromatic heterocycles. The van der Waals surface area contributed by atoms with Crippen LogP contribution in [0.1, 0.15) is 21.5 Å². The smallest absolute Gasteiger partial charge is 0.337 e. The number of nitrogens with zero attached hydrogens (tertiary/aromatic N) is 3. The van der Waals surface area contributed by atoms with E-state index in [-0.39, 0.29) is 5.97 Å². The molecule has 6 heteroatoms. The van der Waals surface area contributed by atoms with E-state index in [1.807, 2.05) is 19.2 Å². The molecule has 2 aromatic carbocycles. The van der Waals surface area contributed by atoms with E-state index in [1.54, 1.807) is 12.1 Å². The van der Waals surface area contributed by atoms with Gasteiger partial charge in [-0.15, -0.1) is 0 Å². The summed E-state index contributed by atoms with van der Waals surface area (Å²) in [6.45, 7) is 5.60. The standard InChI is InChI=1S/C22H28N4O2/c1-23-22(24-16-18-8-10-20(11-9-18)21(27)28-2)26-14-12-25(13-15-26)17-19-6-4-3-5-7-19/h3-11H,12-17H2,1-2H3,(H,23,24).